The second-order valence-corrected chi connectivity index (χ2v) is 3.53. The molecule has 0 aromatic heterocycles. The Hall–Kier alpha value is -1.54. The molecule has 0 fully saturated rings. The van der Waals surface area contributed by atoms with Gasteiger partial charge in [-0.05, 0) is 28.9 Å². The van der Waals surface area contributed by atoms with Gasteiger partial charge in [-0.2, -0.15) is 10.4 Å². The van der Waals surface area contributed by atoms with Gasteiger partial charge in [0, 0.05) is 17.4 Å². The van der Waals surface area contributed by atoms with E-state index in [1.165, 1.54) is 11.1 Å². The lowest BCUT2D eigenvalue weighted by atomic mass is 10.2. The summed E-state index contributed by atoms with van der Waals surface area (Å²) in [5.41, 5.74) is 0.730. The van der Waals surface area contributed by atoms with Crippen molar-refractivity contribution >= 4 is 22.6 Å². The minimum Gasteiger partial charge on any atom is -0.506 e. The lowest BCUT2D eigenvalue weighted by Gasteiger charge is -2.21. The van der Waals surface area contributed by atoms with Crippen molar-refractivity contribution in [1.82, 2.24) is 5.01 Å². The van der Waals surface area contributed by atoms with E-state index in [1.807, 2.05) is 6.07 Å². The third-order valence-corrected chi connectivity index (χ3v) is 2.10. The predicted molar refractivity (Wildman–Crippen MR) is 57.4 cm³/mol. The number of hydrogen-bond acceptors (Lipinski definition) is 4. The first-order valence-electron chi connectivity index (χ1n) is 3.75. The SMILES string of the molecule is C=NN1C=C(Br)C=C(O)/C1=C(/C)C#N. The van der Waals surface area contributed by atoms with Crippen molar-refractivity contribution in [2.75, 3.05) is 0 Å². The Bertz CT molecular complexity index is 401. The van der Waals surface area contributed by atoms with Crippen LogP contribution in [0.15, 0.2) is 38.9 Å². The van der Waals surface area contributed by atoms with Gasteiger partial charge in [-0.25, -0.2) is 5.01 Å². The van der Waals surface area contributed by atoms with Gasteiger partial charge in [0.2, 0.25) is 0 Å². The lowest BCUT2D eigenvalue weighted by Crippen LogP contribution is -2.16. The van der Waals surface area contributed by atoms with Gasteiger partial charge in [-0.1, -0.05) is 0 Å². The van der Waals surface area contributed by atoms with Gasteiger partial charge in [0.25, 0.3) is 0 Å². The molecule has 1 rings (SSSR count). The number of halogens is 1. The lowest BCUT2D eigenvalue weighted by molar-refractivity contribution is 0.365. The number of rotatable bonds is 1. The minimum absolute atomic E-state index is 0.00850. The third kappa shape index (κ3) is 1.86. The van der Waals surface area contributed by atoms with Crippen LogP contribution in [0.5, 0.6) is 0 Å². The van der Waals surface area contributed by atoms with Crippen LogP contribution in [-0.2, 0) is 0 Å². The topological polar surface area (TPSA) is 59.6 Å². The first kappa shape index (κ1) is 10.5. The maximum Gasteiger partial charge on any atom is 0.143 e. The molecule has 0 atom stereocenters. The Morgan fingerprint density at radius 1 is 1.79 bits per heavy atom. The number of allylic oxidation sites excluding steroid dienone is 3. The Kier molecular flexibility index (Phi) is 3.10. The van der Waals surface area contributed by atoms with E-state index in [0.717, 1.165) is 0 Å². The summed E-state index contributed by atoms with van der Waals surface area (Å²) in [6.45, 7) is 4.95. The summed E-state index contributed by atoms with van der Waals surface area (Å²) in [6.07, 6.45) is 3.11. The van der Waals surface area contributed by atoms with E-state index in [4.69, 9.17) is 5.26 Å². The van der Waals surface area contributed by atoms with Crippen LogP contribution in [0.4, 0.5) is 0 Å². The van der Waals surface area contributed by atoms with Crippen molar-refractivity contribution in [3.05, 3.63) is 33.8 Å². The molecule has 0 aliphatic carbocycles. The van der Waals surface area contributed by atoms with Crippen LogP contribution in [0.2, 0.25) is 0 Å². The van der Waals surface area contributed by atoms with Crippen molar-refractivity contribution in [3.63, 3.8) is 0 Å². The van der Waals surface area contributed by atoms with Crippen molar-refractivity contribution in [1.29, 1.82) is 5.26 Å². The number of hydrogen-bond donors (Lipinski definition) is 1. The molecular weight excluding hydrogens is 246 g/mol. The van der Waals surface area contributed by atoms with Gasteiger partial charge in [0.1, 0.15) is 11.5 Å². The van der Waals surface area contributed by atoms with E-state index < -0.39 is 0 Å². The van der Waals surface area contributed by atoms with Gasteiger partial charge in [0.15, 0.2) is 0 Å². The predicted octanol–water partition coefficient (Wildman–Crippen LogP) is 2.39. The zero-order chi connectivity index (χ0) is 10.7. The molecule has 0 radical (unpaired) electrons. The highest BCUT2D eigenvalue weighted by Crippen LogP contribution is 2.27. The molecule has 5 heteroatoms. The molecule has 1 aliphatic rings. The summed E-state index contributed by atoms with van der Waals surface area (Å²) in [7, 11) is 0. The van der Waals surface area contributed by atoms with Crippen molar-refractivity contribution in [3.8, 4) is 6.07 Å². The molecule has 0 aromatic rings. The maximum atomic E-state index is 9.59. The first-order chi connectivity index (χ1) is 6.60. The largest absolute Gasteiger partial charge is 0.506 e. The molecule has 0 aromatic carbocycles. The molecule has 1 aliphatic heterocycles. The summed E-state index contributed by atoms with van der Waals surface area (Å²) in [5, 5.41) is 23.3. The summed E-state index contributed by atoms with van der Waals surface area (Å²) >= 11 is 3.20. The van der Waals surface area contributed by atoms with Crippen LogP contribution >= 0.6 is 15.9 Å². The Balaban J connectivity index is 3.28. The molecule has 0 amide bonds. The number of nitrogens with zero attached hydrogens (tertiary/aromatic N) is 3. The van der Waals surface area contributed by atoms with Gasteiger partial charge in [-0.15, -0.1) is 0 Å². The average molecular weight is 254 g/mol. The molecule has 0 spiro atoms. The second kappa shape index (κ2) is 4.11. The van der Waals surface area contributed by atoms with Crippen LogP contribution in [0.1, 0.15) is 6.92 Å². The smallest absolute Gasteiger partial charge is 0.143 e. The highest BCUT2D eigenvalue weighted by Gasteiger charge is 2.18. The first-order valence-corrected chi connectivity index (χ1v) is 4.54. The second-order valence-electron chi connectivity index (χ2n) is 2.61. The van der Waals surface area contributed by atoms with E-state index in [2.05, 4.69) is 27.7 Å². The summed E-state index contributed by atoms with van der Waals surface area (Å²) in [4.78, 5) is 0. The molecule has 1 heterocycles. The molecule has 0 saturated heterocycles. The van der Waals surface area contributed by atoms with Gasteiger partial charge < -0.3 is 5.11 Å². The zero-order valence-electron chi connectivity index (χ0n) is 7.53. The fraction of sp³-hybridized carbons (Fsp3) is 0.111. The highest BCUT2D eigenvalue weighted by atomic mass is 79.9. The maximum absolute atomic E-state index is 9.59. The Morgan fingerprint density at radius 3 is 2.93 bits per heavy atom. The minimum atomic E-state index is -0.00850. The third-order valence-electron chi connectivity index (χ3n) is 1.67. The molecule has 0 saturated carbocycles. The summed E-state index contributed by atoms with van der Waals surface area (Å²) in [6, 6.07) is 1.95. The van der Waals surface area contributed by atoms with Crippen LogP contribution < -0.4 is 0 Å². The number of aliphatic hydroxyl groups is 1. The molecule has 72 valence electrons. The zero-order valence-corrected chi connectivity index (χ0v) is 9.11. The van der Waals surface area contributed by atoms with Crippen LogP contribution in [-0.4, -0.2) is 16.8 Å². The molecule has 0 unspecified atom stereocenters. The normalized spacial score (nSPS) is 19.4. The van der Waals surface area contributed by atoms with Gasteiger partial charge in [0.05, 0.1) is 11.6 Å². The molecular formula is C9H8BrN3O. The average Bonchev–Trinajstić information content (AvgIpc) is 2.15. The number of nitriles is 1. The van der Waals surface area contributed by atoms with Gasteiger partial charge >= 0.3 is 0 Å². The molecule has 0 bridgehead atoms. The fourth-order valence-electron chi connectivity index (χ4n) is 1.06. The van der Waals surface area contributed by atoms with E-state index in [-0.39, 0.29) is 5.76 Å². The van der Waals surface area contributed by atoms with Crippen LogP contribution in [0.3, 0.4) is 0 Å². The van der Waals surface area contributed by atoms with Gasteiger partial charge in [-0.3, -0.25) is 0 Å². The summed E-state index contributed by atoms with van der Waals surface area (Å²) < 4.78 is 0.664. The van der Waals surface area contributed by atoms with E-state index >= 15 is 0 Å². The van der Waals surface area contributed by atoms with Crippen LogP contribution in [0, 0.1) is 11.3 Å². The van der Waals surface area contributed by atoms with Crippen molar-refractivity contribution in [2.24, 2.45) is 5.10 Å². The summed E-state index contributed by atoms with van der Waals surface area (Å²) in [5.74, 6) is -0.00850. The van der Waals surface area contributed by atoms with E-state index in [9.17, 15) is 5.11 Å². The molecule has 1 N–H and O–H groups in total. The Morgan fingerprint density at radius 2 is 2.43 bits per heavy atom. The number of hydrazone groups is 1. The van der Waals surface area contributed by atoms with Crippen LogP contribution in [0.25, 0.3) is 0 Å². The monoisotopic (exact) mass is 253 g/mol. The van der Waals surface area contributed by atoms with E-state index in [1.54, 1.807) is 13.1 Å². The molecule has 14 heavy (non-hydrogen) atoms. The van der Waals surface area contributed by atoms with E-state index in [0.29, 0.717) is 15.8 Å². The highest BCUT2D eigenvalue weighted by molar-refractivity contribution is 9.11. The Labute approximate surface area is 90.3 Å². The van der Waals surface area contributed by atoms with Crippen molar-refractivity contribution < 1.29 is 5.11 Å². The molecule has 4 nitrogen and oxygen atoms in total. The number of aliphatic hydroxyl groups excluding tert-OH is 1. The quantitative estimate of drug-likeness (QED) is 0.577. The van der Waals surface area contributed by atoms with Crippen molar-refractivity contribution in [2.45, 2.75) is 6.92 Å². The fourth-order valence-corrected chi connectivity index (χ4v) is 1.47. The standard InChI is InChI=1S/C9H8BrN3O/c1-6(4-11)9-8(14)3-7(10)5-13(9)12-2/h3,5,14H,2H2,1H3/b9-6+.